The number of hydrogen-bond acceptors (Lipinski definition) is 4. The lowest BCUT2D eigenvalue weighted by molar-refractivity contribution is -0.178. The zero-order chi connectivity index (χ0) is 21.8. The monoisotopic (exact) mass is 406 g/mol. The molecule has 2 saturated carbocycles. The minimum absolute atomic E-state index is 0.0308. The third kappa shape index (κ3) is 3.80. The molecular weight excluding hydrogens is 364 g/mol. The molecule has 0 unspecified atom stereocenters. The van der Waals surface area contributed by atoms with Crippen molar-refractivity contribution < 1.29 is 19.4 Å². The Bertz CT molecular complexity index is 675. The van der Waals surface area contributed by atoms with Crippen molar-refractivity contribution in [1.29, 1.82) is 0 Å². The minimum Gasteiger partial charge on any atom is -0.469 e. The highest BCUT2D eigenvalue weighted by Crippen LogP contribution is 2.64. The maximum absolute atomic E-state index is 12.9. The first-order valence-electron chi connectivity index (χ1n) is 11.5. The number of aliphatic hydroxyl groups is 1. The summed E-state index contributed by atoms with van der Waals surface area (Å²) in [4.78, 5) is 12.9. The number of fused-ring (bicyclic) bond motifs is 3. The first-order chi connectivity index (χ1) is 13.3. The fourth-order valence-corrected chi connectivity index (χ4v) is 6.72. The van der Waals surface area contributed by atoms with E-state index >= 15 is 0 Å². The number of carbonyl (C=O) groups is 1. The van der Waals surface area contributed by atoms with Gasteiger partial charge < -0.3 is 14.6 Å². The smallest absolute Gasteiger partial charge is 0.311 e. The molecular formula is C25H42O4. The Kier molecular flexibility index (Phi) is 5.80. The van der Waals surface area contributed by atoms with Gasteiger partial charge in [0, 0.05) is 0 Å². The van der Waals surface area contributed by atoms with Gasteiger partial charge in [-0.3, -0.25) is 4.79 Å². The van der Waals surface area contributed by atoms with Crippen LogP contribution in [0.15, 0.2) is 11.6 Å². The summed E-state index contributed by atoms with van der Waals surface area (Å²) in [6.45, 7) is 15.0. The molecule has 0 heterocycles. The average Bonchev–Trinajstić information content (AvgIpc) is 2.61. The Hall–Kier alpha value is -0.870. The van der Waals surface area contributed by atoms with Crippen LogP contribution in [0.1, 0.15) is 87.0 Å². The van der Waals surface area contributed by atoms with Crippen molar-refractivity contribution in [2.45, 2.75) is 104 Å². The lowest BCUT2D eigenvalue weighted by Crippen LogP contribution is -2.58. The third-order valence-electron chi connectivity index (χ3n) is 8.39. The van der Waals surface area contributed by atoms with Crippen LogP contribution in [0, 0.1) is 28.6 Å². The van der Waals surface area contributed by atoms with Gasteiger partial charge in [-0.1, -0.05) is 33.3 Å². The second-order valence-corrected chi connectivity index (χ2v) is 11.7. The first-order valence-corrected chi connectivity index (χ1v) is 11.5. The van der Waals surface area contributed by atoms with Crippen LogP contribution in [0.4, 0.5) is 0 Å². The molecule has 1 N–H and O–H groups in total. The van der Waals surface area contributed by atoms with E-state index in [0.717, 1.165) is 38.5 Å². The Balaban J connectivity index is 2.10. The summed E-state index contributed by atoms with van der Waals surface area (Å²) in [7, 11) is 1.51. The molecule has 4 heteroatoms. The van der Waals surface area contributed by atoms with Gasteiger partial charge in [0.15, 0.2) is 0 Å². The molecule has 6 atom stereocenters. The van der Waals surface area contributed by atoms with Crippen LogP contribution in [0.3, 0.4) is 0 Å². The SMILES string of the molecule is COC(=O)[C@]1(C)CCC[C@@]2(C)[C@H]1C[C@@H](OC(C)(C)C)C1=C[C@](O)(C(C)C)CC[C@@H]12. The van der Waals surface area contributed by atoms with Gasteiger partial charge in [0.05, 0.1) is 29.8 Å². The minimum atomic E-state index is -0.769. The molecule has 0 bridgehead atoms. The molecule has 4 nitrogen and oxygen atoms in total. The van der Waals surface area contributed by atoms with Crippen molar-refractivity contribution in [1.82, 2.24) is 0 Å². The zero-order valence-corrected chi connectivity index (χ0v) is 19.8. The quantitative estimate of drug-likeness (QED) is 0.511. The van der Waals surface area contributed by atoms with Crippen molar-refractivity contribution in [3.63, 3.8) is 0 Å². The Morgan fingerprint density at radius 2 is 1.86 bits per heavy atom. The molecule has 0 amide bonds. The second kappa shape index (κ2) is 7.37. The highest BCUT2D eigenvalue weighted by atomic mass is 16.5. The summed E-state index contributed by atoms with van der Waals surface area (Å²) in [5.41, 5.74) is -0.223. The summed E-state index contributed by atoms with van der Waals surface area (Å²) in [5, 5.41) is 11.3. The molecule has 0 radical (unpaired) electrons. The van der Waals surface area contributed by atoms with Crippen LogP contribution in [0.5, 0.6) is 0 Å². The lowest BCUT2D eigenvalue weighted by Gasteiger charge is -2.61. The van der Waals surface area contributed by atoms with Crippen molar-refractivity contribution in [3.05, 3.63) is 11.6 Å². The van der Waals surface area contributed by atoms with Gasteiger partial charge >= 0.3 is 5.97 Å². The van der Waals surface area contributed by atoms with Gasteiger partial charge in [0.1, 0.15) is 0 Å². The van der Waals surface area contributed by atoms with E-state index in [4.69, 9.17) is 9.47 Å². The van der Waals surface area contributed by atoms with Crippen LogP contribution >= 0.6 is 0 Å². The van der Waals surface area contributed by atoms with E-state index in [1.165, 1.54) is 12.7 Å². The highest BCUT2D eigenvalue weighted by Gasteiger charge is 2.61. The van der Waals surface area contributed by atoms with Gasteiger partial charge in [-0.05, 0) is 88.5 Å². The number of rotatable bonds is 3. The van der Waals surface area contributed by atoms with Crippen LogP contribution in [0.25, 0.3) is 0 Å². The number of esters is 1. The standard InChI is InChI=1S/C25H42O4/c1-16(2)25(27)13-10-18-17(15-25)19(29-22(3,4)5)14-20-23(18,6)11-9-12-24(20,7)21(26)28-8/h15-16,18-20,27H,9-14H2,1-8H3/t18-,19+,20+,23+,24+,25-/m0/s1. The molecule has 2 fully saturated rings. The van der Waals surface area contributed by atoms with E-state index in [0.29, 0.717) is 5.92 Å². The molecule has 29 heavy (non-hydrogen) atoms. The number of methoxy groups -OCH3 is 1. The summed E-state index contributed by atoms with van der Waals surface area (Å²) >= 11 is 0. The topological polar surface area (TPSA) is 55.8 Å². The van der Waals surface area contributed by atoms with Crippen molar-refractivity contribution in [2.75, 3.05) is 7.11 Å². The Labute approximate surface area is 177 Å². The molecule has 3 aliphatic carbocycles. The predicted octanol–water partition coefficient (Wildman–Crippen LogP) is 5.28. The summed E-state index contributed by atoms with van der Waals surface area (Å²) in [6.07, 6.45) is 7.67. The number of carbonyl (C=O) groups excluding carboxylic acids is 1. The summed E-state index contributed by atoms with van der Waals surface area (Å²) in [6, 6.07) is 0. The molecule has 0 aromatic carbocycles. The fraction of sp³-hybridized carbons (Fsp3) is 0.880. The molecule has 3 aliphatic rings. The zero-order valence-electron chi connectivity index (χ0n) is 19.8. The van der Waals surface area contributed by atoms with E-state index in [-0.39, 0.29) is 34.9 Å². The predicted molar refractivity (Wildman–Crippen MR) is 115 cm³/mol. The van der Waals surface area contributed by atoms with E-state index < -0.39 is 11.0 Å². The van der Waals surface area contributed by atoms with E-state index in [1.54, 1.807) is 0 Å². The van der Waals surface area contributed by atoms with Crippen molar-refractivity contribution in [2.24, 2.45) is 28.6 Å². The number of ether oxygens (including phenoxy) is 2. The maximum atomic E-state index is 12.9. The van der Waals surface area contributed by atoms with Gasteiger partial charge in [0.25, 0.3) is 0 Å². The van der Waals surface area contributed by atoms with E-state index in [1.807, 2.05) is 0 Å². The summed E-state index contributed by atoms with van der Waals surface area (Å²) < 4.78 is 11.9. The van der Waals surface area contributed by atoms with Gasteiger partial charge in [0.2, 0.25) is 0 Å². The molecule has 3 rings (SSSR count). The molecule has 0 aromatic heterocycles. The van der Waals surface area contributed by atoms with Crippen LogP contribution < -0.4 is 0 Å². The molecule has 0 aromatic rings. The van der Waals surface area contributed by atoms with Gasteiger partial charge in [-0.2, -0.15) is 0 Å². The normalized spacial score (nSPS) is 42.7. The molecule has 166 valence electrons. The van der Waals surface area contributed by atoms with Crippen LogP contribution in [0.2, 0.25) is 0 Å². The maximum Gasteiger partial charge on any atom is 0.311 e. The molecule has 0 saturated heterocycles. The first kappa shape index (κ1) is 22.8. The third-order valence-corrected chi connectivity index (χ3v) is 8.39. The largest absolute Gasteiger partial charge is 0.469 e. The van der Waals surface area contributed by atoms with E-state index in [9.17, 15) is 9.90 Å². The second-order valence-electron chi connectivity index (χ2n) is 11.7. The van der Waals surface area contributed by atoms with E-state index in [2.05, 4.69) is 54.5 Å². The van der Waals surface area contributed by atoms with Gasteiger partial charge in [-0.15, -0.1) is 0 Å². The fourth-order valence-electron chi connectivity index (χ4n) is 6.72. The van der Waals surface area contributed by atoms with Crippen molar-refractivity contribution >= 4 is 5.97 Å². The van der Waals surface area contributed by atoms with Crippen molar-refractivity contribution in [3.8, 4) is 0 Å². The Morgan fingerprint density at radius 3 is 2.41 bits per heavy atom. The number of hydrogen-bond donors (Lipinski definition) is 1. The van der Waals surface area contributed by atoms with Crippen LogP contribution in [-0.4, -0.2) is 35.5 Å². The highest BCUT2D eigenvalue weighted by molar-refractivity contribution is 5.77. The lowest BCUT2D eigenvalue weighted by atomic mass is 9.45. The molecule has 0 spiro atoms. The van der Waals surface area contributed by atoms with Gasteiger partial charge in [-0.25, -0.2) is 0 Å². The average molecular weight is 407 g/mol. The van der Waals surface area contributed by atoms with Crippen LogP contribution in [-0.2, 0) is 14.3 Å². The molecule has 0 aliphatic heterocycles. The Morgan fingerprint density at radius 1 is 1.21 bits per heavy atom. The summed E-state index contributed by atoms with van der Waals surface area (Å²) in [5.74, 6) is 0.654.